The van der Waals surface area contributed by atoms with E-state index in [0.29, 0.717) is 31.2 Å². The highest BCUT2D eigenvalue weighted by molar-refractivity contribution is 7.22. The molecule has 1 N–H and O–H groups in total. The molecule has 1 aromatic carbocycles. The number of amides is 1. The molecule has 30 heavy (non-hydrogen) atoms. The van der Waals surface area contributed by atoms with Crippen LogP contribution in [0.5, 0.6) is 0 Å². The quantitative estimate of drug-likeness (QED) is 0.604. The minimum Gasteiger partial charge on any atom is -0.465 e. The van der Waals surface area contributed by atoms with Crippen molar-refractivity contribution >= 4 is 55.0 Å². The van der Waals surface area contributed by atoms with Crippen LogP contribution in [0.4, 0.5) is 14.7 Å². The van der Waals surface area contributed by atoms with E-state index in [1.54, 1.807) is 13.0 Å². The van der Waals surface area contributed by atoms with E-state index < -0.39 is 0 Å². The van der Waals surface area contributed by atoms with Crippen LogP contribution in [0.1, 0.15) is 29.8 Å². The van der Waals surface area contributed by atoms with Crippen LogP contribution in [0.3, 0.4) is 0 Å². The first-order valence-electron chi connectivity index (χ1n) is 9.80. The molecule has 0 saturated carbocycles. The number of halogens is 1. The zero-order valence-corrected chi connectivity index (χ0v) is 17.8. The summed E-state index contributed by atoms with van der Waals surface area (Å²) in [5, 5.41) is 4.23. The van der Waals surface area contributed by atoms with Gasteiger partial charge in [0, 0.05) is 18.0 Å². The number of ether oxygens (including phenoxy) is 1. The third-order valence-electron chi connectivity index (χ3n) is 5.38. The molecule has 1 atom stereocenters. The van der Waals surface area contributed by atoms with Crippen molar-refractivity contribution in [2.24, 2.45) is 5.92 Å². The monoisotopic (exact) mass is 446 g/mol. The number of nitrogens with zero attached hydrogens (tertiary/aromatic N) is 3. The van der Waals surface area contributed by atoms with Gasteiger partial charge < -0.3 is 15.0 Å². The van der Waals surface area contributed by atoms with E-state index in [0.717, 1.165) is 32.3 Å². The molecule has 0 bridgehead atoms. The number of anilines is 2. The van der Waals surface area contributed by atoms with Gasteiger partial charge in [-0.15, -0.1) is 11.3 Å². The Hall–Kier alpha value is -2.59. The molecule has 2 aromatic heterocycles. The lowest BCUT2D eigenvalue weighted by atomic mass is 10.0. The molecular weight excluding hydrogens is 427 g/mol. The van der Waals surface area contributed by atoms with E-state index in [1.807, 2.05) is 4.90 Å². The zero-order chi connectivity index (χ0) is 20.8. The molecule has 2 aliphatic rings. The molecular formula is C20H19FN4O3S2. The fraction of sp³-hybridized carbons (Fsp3) is 0.400. The summed E-state index contributed by atoms with van der Waals surface area (Å²) in [4.78, 5) is 36.8. The second-order valence-electron chi connectivity index (χ2n) is 7.37. The highest BCUT2D eigenvalue weighted by Gasteiger charge is 2.37. The first kappa shape index (κ1) is 19.4. The van der Waals surface area contributed by atoms with Crippen LogP contribution in [-0.4, -0.2) is 41.5 Å². The highest BCUT2D eigenvalue weighted by atomic mass is 32.1. The Labute approximate surface area is 179 Å². The predicted molar refractivity (Wildman–Crippen MR) is 114 cm³/mol. The van der Waals surface area contributed by atoms with Crippen molar-refractivity contribution in [1.82, 2.24) is 9.97 Å². The molecule has 1 aliphatic heterocycles. The van der Waals surface area contributed by atoms with Crippen molar-refractivity contribution < 1.29 is 18.7 Å². The summed E-state index contributed by atoms with van der Waals surface area (Å²) >= 11 is 2.86. The highest BCUT2D eigenvalue weighted by Crippen LogP contribution is 2.39. The number of hydrogen-bond donors (Lipinski definition) is 1. The Morgan fingerprint density at radius 2 is 2.13 bits per heavy atom. The van der Waals surface area contributed by atoms with Crippen molar-refractivity contribution in [3.8, 4) is 0 Å². The second-order valence-corrected chi connectivity index (χ2v) is 9.46. The van der Waals surface area contributed by atoms with E-state index in [4.69, 9.17) is 4.74 Å². The molecule has 0 radical (unpaired) electrons. The van der Waals surface area contributed by atoms with E-state index in [1.165, 1.54) is 34.8 Å². The number of nitrogens with one attached hydrogen (secondary N) is 1. The Balaban J connectivity index is 1.20. The minimum absolute atomic E-state index is 0.0847. The average molecular weight is 447 g/mol. The third kappa shape index (κ3) is 3.43. The van der Waals surface area contributed by atoms with Crippen LogP contribution < -0.4 is 10.2 Å². The average Bonchev–Trinajstić information content (AvgIpc) is 3.33. The number of thiazole rings is 2. The van der Waals surface area contributed by atoms with Gasteiger partial charge in [0.25, 0.3) is 0 Å². The van der Waals surface area contributed by atoms with Crippen molar-refractivity contribution in [3.05, 3.63) is 34.6 Å². The Kier molecular flexibility index (Phi) is 4.90. The number of rotatable bonds is 5. The molecule has 1 amide bonds. The maximum atomic E-state index is 13.4. The fourth-order valence-corrected chi connectivity index (χ4v) is 5.83. The number of aromatic nitrogens is 2. The second kappa shape index (κ2) is 7.59. The van der Waals surface area contributed by atoms with E-state index >= 15 is 0 Å². The number of carbonyl (C=O) groups is 2. The van der Waals surface area contributed by atoms with Gasteiger partial charge in [-0.05, 0) is 38.0 Å². The van der Waals surface area contributed by atoms with Gasteiger partial charge in [0.05, 0.1) is 28.4 Å². The van der Waals surface area contributed by atoms with Crippen LogP contribution >= 0.6 is 22.7 Å². The number of carbonyl (C=O) groups excluding carboxylic acids is 2. The van der Waals surface area contributed by atoms with Crippen molar-refractivity contribution in [2.45, 2.75) is 25.7 Å². The molecule has 156 valence electrons. The summed E-state index contributed by atoms with van der Waals surface area (Å²) in [5.41, 5.74) is 1.50. The van der Waals surface area contributed by atoms with Crippen molar-refractivity contribution in [1.29, 1.82) is 0 Å². The molecule has 1 unspecified atom stereocenters. The fourth-order valence-electron chi connectivity index (χ4n) is 3.78. The van der Waals surface area contributed by atoms with Gasteiger partial charge in [0.2, 0.25) is 5.91 Å². The standard InChI is InChI=1S/C20H19FN4O3S2/c1-2-28-18(27)12-4-6-14-16(12)23-19(29-14)24-17(26)10-8-25(9-10)20-22-13-5-3-11(21)7-15(13)30-20/h3,5,7,10,12H,2,4,6,8-9H2,1H3,(H,23,24,26). The minimum atomic E-state index is -0.329. The Morgan fingerprint density at radius 3 is 2.93 bits per heavy atom. The first-order chi connectivity index (χ1) is 14.5. The van der Waals surface area contributed by atoms with Gasteiger partial charge in [-0.2, -0.15) is 0 Å². The Bertz CT molecular complexity index is 1140. The molecule has 3 heterocycles. The first-order valence-corrected chi connectivity index (χ1v) is 11.4. The molecule has 3 aromatic rings. The maximum absolute atomic E-state index is 13.4. The molecule has 0 spiro atoms. The Morgan fingerprint density at radius 1 is 1.30 bits per heavy atom. The predicted octanol–water partition coefficient (Wildman–Crippen LogP) is 3.56. The molecule has 1 aliphatic carbocycles. The van der Waals surface area contributed by atoms with Crippen LogP contribution in [0.15, 0.2) is 18.2 Å². The zero-order valence-electron chi connectivity index (χ0n) is 16.2. The van der Waals surface area contributed by atoms with Crippen LogP contribution in [0.25, 0.3) is 10.2 Å². The summed E-state index contributed by atoms with van der Waals surface area (Å²) in [6.45, 7) is 3.25. The molecule has 5 rings (SSSR count). The van der Waals surface area contributed by atoms with Gasteiger partial charge in [-0.1, -0.05) is 11.3 Å². The SMILES string of the molecule is CCOC(=O)C1CCc2sc(NC(=O)C3CN(c4nc5ccc(F)cc5s4)C3)nc21. The molecule has 10 heteroatoms. The number of fused-ring (bicyclic) bond motifs is 2. The van der Waals surface area contributed by atoms with E-state index in [-0.39, 0.29) is 29.5 Å². The van der Waals surface area contributed by atoms with E-state index in [2.05, 4.69) is 15.3 Å². The van der Waals surface area contributed by atoms with Crippen molar-refractivity contribution in [2.75, 3.05) is 29.9 Å². The smallest absolute Gasteiger partial charge is 0.315 e. The number of aryl methyl sites for hydroxylation is 1. The summed E-state index contributed by atoms with van der Waals surface area (Å²) in [6, 6.07) is 4.54. The van der Waals surface area contributed by atoms with Gasteiger partial charge in [0.1, 0.15) is 11.7 Å². The number of hydrogen-bond acceptors (Lipinski definition) is 8. The van der Waals surface area contributed by atoms with Crippen LogP contribution in [-0.2, 0) is 20.7 Å². The van der Waals surface area contributed by atoms with Crippen LogP contribution in [0, 0.1) is 11.7 Å². The molecule has 7 nitrogen and oxygen atoms in total. The summed E-state index contributed by atoms with van der Waals surface area (Å²) in [7, 11) is 0. The third-order valence-corrected chi connectivity index (χ3v) is 7.51. The maximum Gasteiger partial charge on any atom is 0.315 e. The normalized spacial score (nSPS) is 18.3. The lowest BCUT2D eigenvalue weighted by Crippen LogP contribution is -2.52. The summed E-state index contributed by atoms with van der Waals surface area (Å²) in [6.07, 6.45) is 1.49. The van der Waals surface area contributed by atoms with Crippen LogP contribution in [0.2, 0.25) is 0 Å². The molecule has 1 fully saturated rings. The number of benzene rings is 1. The summed E-state index contributed by atoms with van der Waals surface area (Å²) < 4.78 is 19.3. The van der Waals surface area contributed by atoms with Gasteiger partial charge in [-0.3, -0.25) is 9.59 Å². The summed E-state index contributed by atoms with van der Waals surface area (Å²) in [5.74, 6) is -1.10. The largest absolute Gasteiger partial charge is 0.465 e. The topological polar surface area (TPSA) is 84.4 Å². The molecule has 1 saturated heterocycles. The van der Waals surface area contributed by atoms with Gasteiger partial charge >= 0.3 is 5.97 Å². The lowest BCUT2D eigenvalue weighted by molar-refractivity contribution is -0.145. The lowest BCUT2D eigenvalue weighted by Gasteiger charge is -2.37. The van der Waals surface area contributed by atoms with Gasteiger partial charge in [-0.25, -0.2) is 14.4 Å². The van der Waals surface area contributed by atoms with Gasteiger partial charge in [0.15, 0.2) is 10.3 Å². The van der Waals surface area contributed by atoms with Crippen molar-refractivity contribution in [3.63, 3.8) is 0 Å². The number of esters is 1. The van der Waals surface area contributed by atoms with E-state index in [9.17, 15) is 14.0 Å².